The molecule has 1 aromatic rings. The average molecular weight is 345 g/mol. The van der Waals surface area contributed by atoms with Crippen LogP contribution in [0.5, 0.6) is 0 Å². The lowest BCUT2D eigenvalue weighted by molar-refractivity contribution is -0.697. The Balaban J connectivity index is 0.000000841. The molecule has 0 unspecified atom stereocenters. The molecule has 0 radical (unpaired) electrons. The number of aryl methyl sites for hydroxylation is 1. The molecule has 1 N–H and O–H groups in total. The van der Waals surface area contributed by atoms with Crippen molar-refractivity contribution in [2.75, 3.05) is 6.26 Å². The molecule has 0 spiro atoms. The second-order valence-corrected chi connectivity index (χ2v) is 7.49. The number of rotatable bonds is 11. The normalized spacial score (nSPS) is 10.9. The van der Waals surface area contributed by atoms with Crippen LogP contribution in [0.1, 0.15) is 71.1 Å². The highest BCUT2D eigenvalue weighted by Crippen LogP contribution is 2.10. The third kappa shape index (κ3) is 21.1. The van der Waals surface area contributed by atoms with Gasteiger partial charge in [0.1, 0.15) is 6.54 Å². The summed E-state index contributed by atoms with van der Waals surface area (Å²) in [7, 11) is -3.67. The van der Waals surface area contributed by atoms with E-state index in [1.165, 1.54) is 70.8 Å². The molecule has 134 valence electrons. The van der Waals surface area contributed by atoms with Crippen molar-refractivity contribution >= 4 is 10.1 Å². The van der Waals surface area contributed by atoms with E-state index in [4.69, 9.17) is 4.55 Å². The van der Waals surface area contributed by atoms with Gasteiger partial charge in [-0.15, -0.1) is 0 Å². The lowest BCUT2D eigenvalue weighted by Gasteiger charge is -2.01. The van der Waals surface area contributed by atoms with Gasteiger partial charge in [0.2, 0.25) is 0 Å². The van der Waals surface area contributed by atoms with Crippen LogP contribution >= 0.6 is 0 Å². The van der Waals surface area contributed by atoms with Gasteiger partial charge in [-0.05, 0) is 6.42 Å². The first-order valence-electron chi connectivity index (χ1n) is 8.80. The Morgan fingerprint density at radius 2 is 1.17 bits per heavy atom. The molecule has 4 nitrogen and oxygen atoms in total. The largest absolute Gasteiger partial charge is 0.286 e. The summed E-state index contributed by atoms with van der Waals surface area (Å²) < 4.78 is 28.2. The van der Waals surface area contributed by atoms with Crippen LogP contribution in [0.15, 0.2) is 30.6 Å². The Morgan fingerprint density at radius 1 is 0.783 bits per heavy atom. The van der Waals surface area contributed by atoms with E-state index in [9.17, 15) is 8.42 Å². The summed E-state index contributed by atoms with van der Waals surface area (Å²) in [5.74, 6) is 0. The number of pyridine rings is 1. The molecular formula is C18H34NO3S+. The quantitative estimate of drug-likeness (QED) is 0.368. The van der Waals surface area contributed by atoms with Gasteiger partial charge >= 0.3 is 0 Å². The molecule has 23 heavy (non-hydrogen) atoms. The van der Waals surface area contributed by atoms with Gasteiger partial charge in [0, 0.05) is 18.6 Å². The Bertz CT molecular complexity index is 452. The average Bonchev–Trinajstić information content (AvgIpc) is 2.48. The number of nitrogens with zero attached hydrogens (tertiary/aromatic N) is 1. The Labute approximate surface area is 142 Å². The summed E-state index contributed by atoms with van der Waals surface area (Å²) in [6.07, 6.45) is 19.2. The number of unbranched alkanes of at least 4 members (excludes halogenated alkanes) is 9. The van der Waals surface area contributed by atoms with Crippen molar-refractivity contribution in [1.29, 1.82) is 0 Å². The number of aromatic nitrogens is 1. The lowest BCUT2D eigenvalue weighted by atomic mass is 10.1. The van der Waals surface area contributed by atoms with Gasteiger partial charge in [0.15, 0.2) is 12.4 Å². The number of hydrogen-bond acceptors (Lipinski definition) is 2. The molecule has 1 heterocycles. The highest BCUT2D eigenvalue weighted by atomic mass is 32.2. The van der Waals surface area contributed by atoms with Gasteiger partial charge in [-0.25, -0.2) is 4.57 Å². The molecule has 0 saturated carbocycles. The van der Waals surface area contributed by atoms with Crippen LogP contribution in [0.4, 0.5) is 0 Å². The maximum absolute atomic E-state index is 9.19. The standard InChI is InChI=1S/C17H30N.CH4O3S/c1-2-3-4-5-6-7-8-9-10-12-15-18-16-13-11-14-17-18;1-5(2,3)4/h11,13-14,16-17H,2-10,12,15H2,1H3;1H3,(H,2,3,4)/q+1;. The number of hydrogen-bond donors (Lipinski definition) is 1. The molecule has 0 aromatic carbocycles. The molecule has 0 atom stereocenters. The minimum absolute atomic E-state index is 0.715. The van der Waals surface area contributed by atoms with Crippen LogP contribution in [-0.2, 0) is 16.7 Å². The van der Waals surface area contributed by atoms with Crippen molar-refractivity contribution in [1.82, 2.24) is 0 Å². The van der Waals surface area contributed by atoms with Crippen LogP contribution in [-0.4, -0.2) is 19.2 Å². The van der Waals surface area contributed by atoms with E-state index in [1.54, 1.807) is 0 Å². The van der Waals surface area contributed by atoms with E-state index < -0.39 is 10.1 Å². The third-order valence-corrected chi connectivity index (χ3v) is 3.55. The lowest BCUT2D eigenvalue weighted by Crippen LogP contribution is -2.32. The second kappa shape index (κ2) is 14.6. The van der Waals surface area contributed by atoms with Gasteiger partial charge in [-0.2, -0.15) is 8.42 Å². The molecule has 0 saturated heterocycles. The molecule has 1 rings (SSSR count). The van der Waals surface area contributed by atoms with Crippen molar-refractivity contribution in [3.05, 3.63) is 30.6 Å². The van der Waals surface area contributed by atoms with Gasteiger partial charge in [-0.1, -0.05) is 64.4 Å². The summed E-state index contributed by atoms with van der Waals surface area (Å²) in [4.78, 5) is 0. The van der Waals surface area contributed by atoms with Crippen LogP contribution < -0.4 is 4.57 Å². The van der Waals surface area contributed by atoms with E-state index in [1.807, 2.05) is 0 Å². The fraction of sp³-hybridized carbons (Fsp3) is 0.722. The topological polar surface area (TPSA) is 58.2 Å². The predicted octanol–water partition coefficient (Wildman–Crippen LogP) is 4.40. The predicted molar refractivity (Wildman–Crippen MR) is 96.0 cm³/mol. The molecule has 0 aliphatic rings. The molecule has 0 aliphatic carbocycles. The summed E-state index contributed by atoms with van der Waals surface area (Å²) in [5, 5.41) is 0. The SMILES string of the molecule is CCCCCCCCCCCC[n+]1ccccc1.CS(=O)(=O)O. The van der Waals surface area contributed by atoms with Crippen LogP contribution in [0.25, 0.3) is 0 Å². The monoisotopic (exact) mass is 344 g/mol. The van der Waals surface area contributed by atoms with Gasteiger partial charge in [0.05, 0.1) is 6.26 Å². The van der Waals surface area contributed by atoms with Gasteiger partial charge < -0.3 is 0 Å². The van der Waals surface area contributed by atoms with Crippen molar-refractivity contribution < 1.29 is 17.5 Å². The molecular weight excluding hydrogens is 310 g/mol. The summed E-state index contributed by atoms with van der Waals surface area (Å²) in [5.41, 5.74) is 0. The first-order chi connectivity index (χ1) is 10.9. The van der Waals surface area contributed by atoms with Gasteiger partial charge in [0.25, 0.3) is 10.1 Å². The molecule has 0 amide bonds. The molecule has 0 bridgehead atoms. The summed E-state index contributed by atoms with van der Waals surface area (Å²) >= 11 is 0. The summed E-state index contributed by atoms with van der Waals surface area (Å²) in [6, 6.07) is 6.29. The Hall–Kier alpha value is -0.940. The maximum atomic E-state index is 9.19. The van der Waals surface area contributed by atoms with E-state index in [2.05, 4.69) is 42.1 Å². The van der Waals surface area contributed by atoms with Crippen molar-refractivity contribution in [2.45, 2.75) is 77.7 Å². The molecule has 0 fully saturated rings. The third-order valence-electron chi connectivity index (χ3n) is 3.55. The smallest absolute Gasteiger partial charge is 0.261 e. The van der Waals surface area contributed by atoms with E-state index >= 15 is 0 Å². The van der Waals surface area contributed by atoms with Crippen LogP contribution in [0.3, 0.4) is 0 Å². The van der Waals surface area contributed by atoms with Crippen molar-refractivity contribution in [2.24, 2.45) is 0 Å². The fourth-order valence-corrected chi connectivity index (χ4v) is 2.37. The zero-order valence-corrected chi connectivity index (χ0v) is 15.6. The first kappa shape index (κ1) is 22.1. The zero-order chi connectivity index (χ0) is 17.4. The minimum atomic E-state index is -3.67. The highest BCUT2D eigenvalue weighted by molar-refractivity contribution is 7.85. The van der Waals surface area contributed by atoms with E-state index in [0.29, 0.717) is 6.26 Å². The Morgan fingerprint density at radius 3 is 1.61 bits per heavy atom. The van der Waals surface area contributed by atoms with Gasteiger partial charge in [-0.3, -0.25) is 4.55 Å². The zero-order valence-electron chi connectivity index (χ0n) is 14.8. The highest BCUT2D eigenvalue weighted by Gasteiger charge is 1.97. The van der Waals surface area contributed by atoms with E-state index in [0.717, 1.165) is 0 Å². The molecule has 1 aromatic heterocycles. The fourth-order valence-electron chi connectivity index (χ4n) is 2.37. The van der Waals surface area contributed by atoms with Crippen LogP contribution in [0.2, 0.25) is 0 Å². The summed E-state index contributed by atoms with van der Waals surface area (Å²) in [6.45, 7) is 3.46. The molecule has 0 aliphatic heterocycles. The van der Waals surface area contributed by atoms with Crippen molar-refractivity contribution in [3.8, 4) is 0 Å². The van der Waals surface area contributed by atoms with Crippen LogP contribution in [0, 0.1) is 0 Å². The maximum Gasteiger partial charge on any atom is 0.261 e. The first-order valence-corrected chi connectivity index (χ1v) is 10.6. The second-order valence-electron chi connectivity index (χ2n) is 6.03. The minimum Gasteiger partial charge on any atom is -0.286 e. The Kier molecular flexibility index (Phi) is 14.0. The molecule has 5 heteroatoms. The van der Waals surface area contributed by atoms with Crippen molar-refractivity contribution in [3.63, 3.8) is 0 Å². The van der Waals surface area contributed by atoms with E-state index in [-0.39, 0.29) is 0 Å².